The number of benzene rings is 2. The Morgan fingerprint density at radius 3 is 2.09 bits per heavy atom. The van der Waals surface area contributed by atoms with Crippen LogP contribution in [0, 0.1) is 0 Å². The van der Waals surface area contributed by atoms with Gasteiger partial charge in [-0.25, -0.2) is 0 Å². The molecule has 0 bridgehead atoms. The van der Waals surface area contributed by atoms with Crippen LogP contribution in [0.1, 0.15) is 27.2 Å². The minimum atomic E-state index is -4.93. The number of carbonyl (C=O) groups excluding carboxylic acids is 1. The summed E-state index contributed by atoms with van der Waals surface area (Å²) in [5.41, 5.74) is 3.31. The third kappa shape index (κ3) is 6.16. The molecule has 0 saturated carbocycles. The van der Waals surface area contributed by atoms with Crippen LogP contribution < -0.4 is 16.4 Å². The summed E-state index contributed by atoms with van der Waals surface area (Å²) in [4.78, 5) is 11.8. The minimum absolute atomic E-state index is 0.0222. The molecule has 0 saturated heterocycles. The maximum absolute atomic E-state index is 13.0. The molecule has 2 aromatic carbocycles. The average Bonchev–Trinajstić information content (AvgIpc) is 3.22. The second kappa shape index (κ2) is 9.31. The van der Waals surface area contributed by atoms with Gasteiger partial charge >= 0.3 is 12.4 Å². The van der Waals surface area contributed by atoms with Crippen molar-refractivity contribution in [3.05, 3.63) is 64.8 Å². The van der Waals surface area contributed by atoms with E-state index >= 15 is 0 Å². The second-order valence-electron chi connectivity index (χ2n) is 6.61. The molecule has 33 heavy (non-hydrogen) atoms. The Morgan fingerprint density at radius 1 is 1.00 bits per heavy atom. The van der Waals surface area contributed by atoms with Crippen molar-refractivity contribution in [1.29, 1.82) is 0 Å². The third-order valence-corrected chi connectivity index (χ3v) is 5.25. The van der Waals surface area contributed by atoms with Crippen LogP contribution in [-0.4, -0.2) is 20.6 Å². The fourth-order valence-electron chi connectivity index (χ4n) is 2.73. The molecule has 0 unspecified atom stereocenters. The third-order valence-electron chi connectivity index (χ3n) is 4.23. The Morgan fingerprint density at radius 2 is 1.58 bits per heavy atom. The van der Waals surface area contributed by atoms with Crippen LogP contribution >= 0.6 is 23.8 Å². The number of thiocarbonyl (C=S) groups is 1. The number of nitrogens with two attached hydrogens (primary N) is 1. The van der Waals surface area contributed by atoms with Gasteiger partial charge in [-0.3, -0.25) is 4.79 Å². The predicted molar refractivity (Wildman–Crippen MR) is 113 cm³/mol. The van der Waals surface area contributed by atoms with Gasteiger partial charge in [0.1, 0.15) is 0 Å². The molecule has 0 atom stereocenters. The fourth-order valence-corrected chi connectivity index (χ4v) is 3.59. The van der Waals surface area contributed by atoms with Crippen LogP contribution in [0.4, 0.5) is 32.0 Å². The lowest BCUT2D eigenvalue weighted by molar-refractivity contribution is -0.143. The van der Waals surface area contributed by atoms with E-state index in [9.17, 15) is 31.1 Å². The van der Waals surface area contributed by atoms with Gasteiger partial charge in [-0.2, -0.15) is 26.3 Å². The molecule has 14 heteroatoms. The number of carbonyl (C=O) groups is 1. The van der Waals surface area contributed by atoms with Crippen molar-refractivity contribution >= 4 is 40.5 Å². The number of rotatable bonds is 5. The molecular weight excluding hydrogens is 492 g/mol. The first-order chi connectivity index (χ1) is 15.3. The molecule has 3 aromatic rings. The number of nitrogens with one attached hydrogen (secondary N) is 2. The van der Waals surface area contributed by atoms with Gasteiger partial charge in [0.25, 0.3) is 5.91 Å². The molecule has 0 radical (unpaired) electrons. The highest BCUT2D eigenvalue weighted by atomic mass is 32.1. The van der Waals surface area contributed by atoms with Gasteiger partial charge in [0.15, 0.2) is 10.8 Å². The number of amides is 1. The zero-order valence-electron chi connectivity index (χ0n) is 16.2. The van der Waals surface area contributed by atoms with E-state index in [0.717, 1.165) is 11.5 Å². The standard InChI is InChI=1S/C19H13F6N5OS2/c20-18(21,22)11-5-9(6-12(7-11)19(23,24)25)8-27-17(32)28-13-3-1-10(2-4-13)15-14(16(26)31)29-30-33-15/h1-7H,8H2,(H2,26,31)(H2,27,28,32). The van der Waals surface area contributed by atoms with E-state index in [0.29, 0.717) is 28.3 Å². The maximum atomic E-state index is 13.0. The molecule has 0 fully saturated rings. The van der Waals surface area contributed by atoms with Crippen molar-refractivity contribution in [2.45, 2.75) is 18.9 Å². The van der Waals surface area contributed by atoms with E-state index in [1.165, 1.54) is 0 Å². The van der Waals surface area contributed by atoms with E-state index in [1.807, 2.05) is 0 Å². The molecule has 0 spiro atoms. The Balaban J connectivity index is 1.68. The van der Waals surface area contributed by atoms with E-state index in [2.05, 4.69) is 20.2 Å². The number of anilines is 1. The number of aromatic nitrogens is 2. The normalized spacial score (nSPS) is 11.8. The zero-order valence-corrected chi connectivity index (χ0v) is 17.8. The Hall–Kier alpha value is -3.26. The first kappa shape index (κ1) is 24.4. The highest BCUT2D eigenvalue weighted by Crippen LogP contribution is 2.36. The van der Waals surface area contributed by atoms with Crippen LogP contribution in [0.2, 0.25) is 0 Å². The number of nitrogens with zero attached hydrogens (tertiary/aromatic N) is 2. The Labute approximate surface area is 192 Å². The van der Waals surface area contributed by atoms with E-state index < -0.39 is 29.4 Å². The molecule has 1 aromatic heterocycles. The first-order valence-corrected chi connectivity index (χ1v) is 10.1. The average molecular weight is 505 g/mol. The lowest BCUT2D eigenvalue weighted by Crippen LogP contribution is -2.28. The number of primary amides is 1. The Bertz CT molecular complexity index is 1140. The van der Waals surface area contributed by atoms with Crippen LogP contribution in [-0.2, 0) is 18.9 Å². The van der Waals surface area contributed by atoms with Gasteiger partial charge in [-0.1, -0.05) is 16.6 Å². The largest absolute Gasteiger partial charge is 0.416 e. The number of hydrogen-bond donors (Lipinski definition) is 3. The maximum Gasteiger partial charge on any atom is 0.416 e. The molecule has 4 N–H and O–H groups in total. The van der Waals surface area contributed by atoms with Gasteiger partial charge in [0.05, 0.1) is 16.0 Å². The van der Waals surface area contributed by atoms with Crippen molar-refractivity contribution in [1.82, 2.24) is 14.9 Å². The van der Waals surface area contributed by atoms with Crippen LogP contribution in [0.25, 0.3) is 10.4 Å². The minimum Gasteiger partial charge on any atom is -0.364 e. The van der Waals surface area contributed by atoms with Gasteiger partial charge in [-0.15, -0.1) is 5.10 Å². The van der Waals surface area contributed by atoms with Gasteiger partial charge in [0, 0.05) is 12.2 Å². The quantitative estimate of drug-likeness (QED) is 0.340. The molecule has 0 aliphatic rings. The van der Waals surface area contributed by atoms with Gasteiger partial charge in [0.2, 0.25) is 0 Å². The molecule has 3 rings (SSSR count). The van der Waals surface area contributed by atoms with Crippen molar-refractivity contribution in [3.63, 3.8) is 0 Å². The van der Waals surface area contributed by atoms with Crippen molar-refractivity contribution in [3.8, 4) is 10.4 Å². The summed E-state index contributed by atoms with van der Waals surface area (Å²) >= 11 is 6.05. The molecule has 6 nitrogen and oxygen atoms in total. The second-order valence-corrected chi connectivity index (χ2v) is 7.78. The van der Waals surface area contributed by atoms with Crippen molar-refractivity contribution in [2.75, 3.05) is 5.32 Å². The van der Waals surface area contributed by atoms with Crippen molar-refractivity contribution < 1.29 is 31.1 Å². The van der Waals surface area contributed by atoms with E-state index in [-0.39, 0.29) is 29.0 Å². The fraction of sp³-hybridized carbons (Fsp3) is 0.158. The summed E-state index contributed by atoms with van der Waals surface area (Å²) in [6, 6.07) is 7.77. The Kier molecular flexibility index (Phi) is 6.88. The zero-order chi connectivity index (χ0) is 24.4. The summed E-state index contributed by atoms with van der Waals surface area (Å²) in [7, 11) is 0. The van der Waals surface area contributed by atoms with Gasteiger partial charge in [-0.05, 0) is 65.2 Å². The molecule has 1 heterocycles. The molecule has 0 aliphatic heterocycles. The molecule has 174 valence electrons. The summed E-state index contributed by atoms with van der Waals surface area (Å²) in [5, 5.41) is 8.99. The van der Waals surface area contributed by atoms with Crippen LogP contribution in [0.15, 0.2) is 42.5 Å². The smallest absolute Gasteiger partial charge is 0.364 e. The van der Waals surface area contributed by atoms with E-state index in [4.69, 9.17) is 18.0 Å². The number of halogens is 6. The highest BCUT2D eigenvalue weighted by Gasteiger charge is 2.36. The SMILES string of the molecule is NC(=O)c1nnsc1-c1ccc(NC(=S)NCc2cc(C(F)(F)F)cc(C(F)(F)F)c2)cc1. The van der Waals surface area contributed by atoms with Crippen LogP contribution in [0.3, 0.4) is 0 Å². The summed E-state index contributed by atoms with van der Waals surface area (Å²) in [5.74, 6) is -0.727. The van der Waals surface area contributed by atoms with Crippen LogP contribution in [0.5, 0.6) is 0 Å². The van der Waals surface area contributed by atoms with E-state index in [1.54, 1.807) is 24.3 Å². The topological polar surface area (TPSA) is 92.9 Å². The summed E-state index contributed by atoms with van der Waals surface area (Å²) < 4.78 is 81.5. The number of alkyl halides is 6. The lowest BCUT2D eigenvalue weighted by atomic mass is 10.0. The molecular formula is C19H13F6N5OS2. The lowest BCUT2D eigenvalue weighted by Gasteiger charge is -2.15. The summed E-state index contributed by atoms with van der Waals surface area (Å²) in [6.07, 6.45) is -9.86. The predicted octanol–water partition coefficient (Wildman–Crippen LogP) is 4.83. The monoisotopic (exact) mass is 505 g/mol. The first-order valence-electron chi connectivity index (χ1n) is 8.90. The van der Waals surface area contributed by atoms with Crippen molar-refractivity contribution in [2.24, 2.45) is 5.73 Å². The molecule has 1 amide bonds. The number of hydrogen-bond acceptors (Lipinski definition) is 5. The van der Waals surface area contributed by atoms with Gasteiger partial charge < -0.3 is 16.4 Å². The summed E-state index contributed by atoms with van der Waals surface area (Å²) in [6.45, 7) is -0.370. The molecule has 0 aliphatic carbocycles. The highest BCUT2D eigenvalue weighted by molar-refractivity contribution is 7.80.